The minimum atomic E-state index is -0.422. The largest absolute Gasteiger partial charge is 0.497 e. The number of thiazole rings is 1. The molecule has 4 rings (SSSR count). The summed E-state index contributed by atoms with van der Waals surface area (Å²) in [5.74, 6) is 1.21. The molecular formula is C20H17ClN4O2S2. The van der Waals surface area contributed by atoms with Crippen LogP contribution in [0, 0.1) is 0 Å². The van der Waals surface area contributed by atoms with Crippen LogP contribution in [0.4, 0.5) is 0 Å². The molecule has 0 bridgehead atoms. The van der Waals surface area contributed by atoms with Crippen LogP contribution in [0.2, 0.25) is 4.34 Å². The Kier molecular flexibility index (Phi) is 5.66. The smallest absolute Gasteiger partial charge is 0.271 e. The van der Waals surface area contributed by atoms with E-state index in [1.165, 1.54) is 22.7 Å². The van der Waals surface area contributed by atoms with Gasteiger partial charge in [-0.05, 0) is 29.8 Å². The molecular weight excluding hydrogens is 428 g/mol. The third-order valence-electron chi connectivity index (χ3n) is 4.36. The lowest BCUT2D eigenvalue weighted by Crippen LogP contribution is -2.31. The molecule has 3 heterocycles. The molecule has 0 radical (unpaired) electrons. The van der Waals surface area contributed by atoms with Gasteiger partial charge in [-0.1, -0.05) is 23.7 Å². The van der Waals surface area contributed by atoms with Crippen molar-refractivity contribution in [2.75, 3.05) is 7.11 Å². The zero-order chi connectivity index (χ0) is 20.4. The maximum atomic E-state index is 13.0. The number of ether oxygens (including phenoxy) is 1. The maximum absolute atomic E-state index is 13.0. The molecule has 148 valence electrons. The van der Waals surface area contributed by atoms with Gasteiger partial charge in [0.15, 0.2) is 0 Å². The summed E-state index contributed by atoms with van der Waals surface area (Å²) in [7, 11) is 3.51. The lowest BCUT2D eigenvalue weighted by Gasteiger charge is -2.19. The fourth-order valence-corrected chi connectivity index (χ4v) is 4.79. The second-order valence-corrected chi connectivity index (χ2v) is 8.79. The molecule has 0 aliphatic heterocycles. The van der Waals surface area contributed by atoms with Crippen LogP contribution >= 0.6 is 34.3 Å². The van der Waals surface area contributed by atoms with Crippen molar-refractivity contribution < 1.29 is 9.53 Å². The van der Waals surface area contributed by atoms with E-state index in [-0.39, 0.29) is 5.91 Å². The summed E-state index contributed by atoms with van der Waals surface area (Å²) in [6, 6.07) is 10.9. The van der Waals surface area contributed by atoms with Crippen molar-refractivity contribution in [2.24, 2.45) is 7.05 Å². The summed E-state index contributed by atoms with van der Waals surface area (Å²) in [5, 5.41) is 5.58. The summed E-state index contributed by atoms with van der Waals surface area (Å²) >= 11 is 8.86. The van der Waals surface area contributed by atoms with Gasteiger partial charge in [0, 0.05) is 24.8 Å². The van der Waals surface area contributed by atoms with Crippen LogP contribution in [0.15, 0.2) is 54.2 Å². The number of nitrogens with zero attached hydrogens (tertiary/aromatic N) is 3. The first-order valence-corrected chi connectivity index (χ1v) is 10.8. The van der Waals surface area contributed by atoms with Gasteiger partial charge in [0.05, 0.1) is 16.3 Å². The number of thiophene rings is 1. The molecule has 0 aliphatic rings. The van der Waals surface area contributed by atoms with Crippen molar-refractivity contribution in [3.05, 3.63) is 75.6 Å². The van der Waals surface area contributed by atoms with Crippen molar-refractivity contribution in [1.82, 2.24) is 19.9 Å². The SMILES string of the molecule is COc1ccc(C(NC(=O)c2csc(-c3ccc(Cl)s3)n2)c2nccn2C)cc1. The third kappa shape index (κ3) is 4.19. The van der Waals surface area contributed by atoms with Crippen molar-refractivity contribution in [2.45, 2.75) is 6.04 Å². The minimum Gasteiger partial charge on any atom is -0.497 e. The molecule has 0 fully saturated rings. The number of amides is 1. The average molecular weight is 445 g/mol. The Morgan fingerprint density at radius 3 is 2.66 bits per heavy atom. The minimum absolute atomic E-state index is 0.265. The van der Waals surface area contributed by atoms with Crippen LogP contribution in [0.25, 0.3) is 9.88 Å². The summed E-state index contributed by atoms with van der Waals surface area (Å²) in [6.45, 7) is 0. The Labute approximate surface area is 180 Å². The van der Waals surface area contributed by atoms with Crippen LogP contribution in [0.5, 0.6) is 5.75 Å². The van der Waals surface area contributed by atoms with Gasteiger partial charge < -0.3 is 14.6 Å². The zero-order valence-corrected chi connectivity index (χ0v) is 18.0. The van der Waals surface area contributed by atoms with Gasteiger partial charge in [-0.3, -0.25) is 4.79 Å². The van der Waals surface area contributed by atoms with E-state index in [2.05, 4.69) is 15.3 Å². The lowest BCUT2D eigenvalue weighted by molar-refractivity contribution is 0.0937. The molecule has 6 nitrogen and oxygen atoms in total. The van der Waals surface area contributed by atoms with Crippen LogP contribution in [0.3, 0.4) is 0 Å². The van der Waals surface area contributed by atoms with Gasteiger partial charge in [0.2, 0.25) is 0 Å². The Balaban J connectivity index is 1.61. The standard InChI is InChI=1S/C20H17ClN4O2S2/c1-25-10-9-22-18(25)17(12-3-5-13(27-2)6-4-12)24-19(26)14-11-28-20(23-14)15-7-8-16(21)29-15/h3-11,17H,1-2H3,(H,24,26). The number of benzene rings is 1. The first-order chi connectivity index (χ1) is 14.0. The Hall–Kier alpha value is -2.68. The molecule has 1 amide bonds. The van der Waals surface area contributed by atoms with Gasteiger partial charge in [0.25, 0.3) is 5.91 Å². The van der Waals surface area contributed by atoms with Gasteiger partial charge in [-0.25, -0.2) is 9.97 Å². The highest BCUT2D eigenvalue weighted by atomic mass is 35.5. The molecule has 0 saturated heterocycles. The molecule has 1 N–H and O–H groups in total. The van der Waals surface area contributed by atoms with Gasteiger partial charge in [-0.2, -0.15) is 0 Å². The zero-order valence-electron chi connectivity index (χ0n) is 15.6. The van der Waals surface area contributed by atoms with Crippen molar-refractivity contribution in [3.8, 4) is 15.6 Å². The van der Waals surface area contributed by atoms with Crippen LogP contribution < -0.4 is 10.1 Å². The third-order valence-corrected chi connectivity index (χ3v) is 6.60. The number of carbonyl (C=O) groups excluding carboxylic acids is 1. The lowest BCUT2D eigenvalue weighted by atomic mass is 10.1. The van der Waals surface area contributed by atoms with Crippen molar-refractivity contribution in [1.29, 1.82) is 0 Å². The second-order valence-electron chi connectivity index (χ2n) is 6.22. The predicted molar refractivity (Wildman–Crippen MR) is 116 cm³/mol. The molecule has 0 aliphatic carbocycles. The number of aromatic nitrogens is 3. The normalized spacial score (nSPS) is 12.0. The van der Waals surface area contributed by atoms with E-state index in [1.807, 2.05) is 54.2 Å². The summed E-state index contributed by atoms with van der Waals surface area (Å²) in [6.07, 6.45) is 3.55. The topological polar surface area (TPSA) is 69.0 Å². The molecule has 1 aromatic carbocycles. The molecule has 1 unspecified atom stereocenters. The first-order valence-electron chi connectivity index (χ1n) is 8.68. The molecule has 1 atom stereocenters. The van der Waals surface area contributed by atoms with Crippen molar-refractivity contribution >= 4 is 40.2 Å². The summed E-state index contributed by atoms with van der Waals surface area (Å²) in [4.78, 5) is 22.8. The highest BCUT2D eigenvalue weighted by Gasteiger charge is 2.23. The molecule has 9 heteroatoms. The number of nitrogens with one attached hydrogen (secondary N) is 1. The molecule has 29 heavy (non-hydrogen) atoms. The monoisotopic (exact) mass is 444 g/mol. The quantitative estimate of drug-likeness (QED) is 0.464. The van der Waals surface area contributed by atoms with E-state index in [1.54, 1.807) is 18.7 Å². The number of hydrogen-bond acceptors (Lipinski definition) is 6. The van der Waals surface area contributed by atoms with Gasteiger partial charge in [0.1, 0.15) is 28.3 Å². The van der Waals surface area contributed by atoms with E-state index in [0.29, 0.717) is 10.0 Å². The van der Waals surface area contributed by atoms with Crippen LogP contribution in [0.1, 0.15) is 27.9 Å². The molecule has 0 spiro atoms. The number of imidazole rings is 1. The van der Waals surface area contributed by atoms with E-state index in [9.17, 15) is 4.79 Å². The summed E-state index contributed by atoms with van der Waals surface area (Å²) in [5.41, 5.74) is 1.26. The highest BCUT2D eigenvalue weighted by Crippen LogP contribution is 2.33. The van der Waals surface area contributed by atoms with Gasteiger partial charge in [-0.15, -0.1) is 22.7 Å². The highest BCUT2D eigenvalue weighted by molar-refractivity contribution is 7.23. The molecule has 4 aromatic rings. The Morgan fingerprint density at radius 2 is 2.03 bits per heavy atom. The fraction of sp³-hybridized carbons (Fsp3) is 0.150. The van der Waals surface area contributed by atoms with E-state index in [0.717, 1.165) is 27.0 Å². The fourth-order valence-electron chi connectivity index (χ4n) is 2.87. The number of methoxy groups -OCH3 is 1. The number of hydrogen-bond donors (Lipinski definition) is 1. The number of aryl methyl sites for hydroxylation is 1. The Bertz CT molecular complexity index is 1130. The number of rotatable bonds is 6. The predicted octanol–water partition coefficient (Wildman–Crippen LogP) is 4.79. The van der Waals surface area contributed by atoms with E-state index in [4.69, 9.17) is 16.3 Å². The van der Waals surface area contributed by atoms with Crippen molar-refractivity contribution in [3.63, 3.8) is 0 Å². The van der Waals surface area contributed by atoms with Crippen LogP contribution in [-0.2, 0) is 7.05 Å². The average Bonchev–Trinajstić information content (AvgIpc) is 3.47. The van der Waals surface area contributed by atoms with E-state index < -0.39 is 6.04 Å². The summed E-state index contributed by atoms with van der Waals surface area (Å²) < 4.78 is 7.81. The first kappa shape index (κ1) is 19.6. The molecule has 0 saturated carbocycles. The second kappa shape index (κ2) is 8.36. The molecule has 3 aromatic heterocycles. The Morgan fingerprint density at radius 1 is 1.24 bits per heavy atom. The van der Waals surface area contributed by atoms with E-state index >= 15 is 0 Å². The number of halogens is 1. The maximum Gasteiger partial charge on any atom is 0.271 e. The van der Waals surface area contributed by atoms with Crippen LogP contribution in [-0.4, -0.2) is 27.6 Å². The van der Waals surface area contributed by atoms with Gasteiger partial charge >= 0.3 is 0 Å². The number of carbonyl (C=O) groups is 1.